The van der Waals surface area contributed by atoms with Gasteiger partial charge in [0.1, 0.15) is 0 Å². The quantitative estimate of drug-likeness (QED) is 0.635. The van der Waals surface area contributed by atoms with Crippen molar-refractivity contribution in [1.29, 1.82) is 0 Å². The fourth-order valence-corrected chi connectivity index (χ4v) is 2.42. The maximum absolute atomic E-state index is 11.7. The smallest absolute Gasteiger partial charge is 0.159 e. The first-order chi connectivity index (χ1) is 5.99. The van der Waals surface area contributed by atoms with Crippen LogP contribution in [0, 0.1) is 5.41 Å². The third-order valence-electron chi connectivity index (χ3n) is 3.06. The normalized spacial score (nSPS) is 21.8. The Morgan fingerprint density at radius 3 is 2.54 bits per heavy atom. The second kappa shape index (κ2) is 3.65. The summed E-state index contributed by atoms with van der Waals surface area (Å²) in [6.07, 6.45) is 4.16. The largest absolute Gasteiger partial charge is 0.295 e. The molecule has 1 aliphatic rings. The molecule has 0 bridgehead atoms. The Hall–Kier alpha value is -0.590. The Bertz CT molecular complexity index is 246. The summed E-state index contributed by atoms with van der Waals surface area (Å²) in [4.78, 5) is 11.7. The molecule has 1 heteroatoms. The Morgan fingerprint density at radius 2 is 2.08 bits per heavy atom. The van der Waals surface area contributed by atoms with Crippen molar-refractivity contribution in [3.8, 4) is 0 Å². The molecule has 0 fully saturated rings. The van der Waals surface area contributed by atoms with E-state index in [1.54, 1.807) is 0 Å². The van der Waals surface area contributed by atoms with Gasteiger partial charge < -0.3 is 0 Å². The zero-order valence-corrected chi connectivity index (χ0v) is 9.24. The van der Waals surface area contributed by atoms with Crippen LogP contribution in [0.2, 0.25) is 0 Å². The van der Waals surface area contributed by atoms with Crippen LogP contribution in [0.4, 0.5) is 0 Å². The molecule has 0 heterocycles. The average molecular weight is 180 g/mol. The lowest BCUT2D eigenvalue weighted by molar-refractivity contribution is -0.116. The fourth-order valence-electron chi connectivity index (χ4n) is 2.42. The second-order valence-corrected chi connectivity index (χ2v) is 4.67. The number of Topliss-reactive ketones (excluding diaryl/α,β-unsaturated/α-hetero) is 1. The molecule has 1 rings (SSSR count). The lowest BCUT2D eigenvalue weighted by Gasteiger charge is -2.33. The highest BCUT2D eigenvalue weighted by Gasteiger charge is 2.31. The lowest BCUT2D eigenvalue weighted by Crippen LogP contribution is -2.25. The molecule has 74 valence electrons. The van der Waals surface area contributed by atoms with Gasteiger partial charge in [-0.25, -0.2) is 0 Å². The van der Waals surface area contributed by atoms with Crippen molar-refractivity contribution in [2.24, 2.45) is 5.41 Å². The summed E-state index contributed by atoms with van der Waals surface area (Å²) in [6.45, 7) is 8.45. The van der Waals surface area contributed by atoms with Crippen molar-refractivity contribution < 1.29 is 4.79 Å². The van der Waals surface area contributed by atoms with E-state index in [-0.39, 0.29) is 5.41 Å². The molecule has 0 atom stereocenters. The van der Waals surface area contributed by atoms with Crippen LogP contribution in [0.25, 0.3) is 0 Å². The van der Waals surface area contributed by atoms with Gasteiger partial charge >= 0.3 is 0 Å². The van der Waals surface area contributed by atoms with Crippen LogP contribution < -0.4 is 0 Å². The van der Waals surface area contributed by atoms with Gasteiger partial charge in [0.15, 0.2) is 5.78 Å². The SMILES string of the molecule is CCC(=O)C1=C(C)CCCC1(C)C. The molecule has 13 heavy (non-hydrogen) atoms. The minimum absolute atomic E-state index is 0.120. The highest BCUT2D eigenvalue weighted by atomic mass is 16.1. The van der Waals surface area contributed by atoms with E-state index in [1.165, 1.54) is 12.0 Å². The number of rotatable bonds is 2. The first-order valence-electron chi connectivity index (χ1n) is 5.22. The van der Waals surface area contributed by atoms with Crippen molar-refractivity contribution >= 4 is 5.78 Å². The molecule has 0 radical (unpaired) electrons. The summed E-state index contributed by atoms with van der Waals surface area (Å²) in [5, 5.41) is 0. The molecule has 0 saturated carbocycles. The zero-order valence-electron chi connectivity index (χ0n) is 9.24. The Balaban J connectivity index is 3.05. The topological polar surface area (TPSA) is 17.1 Å². The van der Waals surface area contributed by atoms with Gasteiger partial charge in [-0.3, -0.25) is 4.79 Å². The summed E-state index contributed by atoms with van der Waals surface area (Å²) in [6, 6.07) is 0. The summed E-state index contributed by atoms with van der Waals surface area (Å²) >= 11 is 0. The van der Waals surface area contributed by atoms with Crippen molar-refractivity contribution in [3.63, 3.8) is 0 Å². The van der Waals surface area contributed by atoms with E-state index in [2.05, 4.69) is 20.8 Å². The second-order valence-electron chi connectivity index (χ2n) is 4.67. The third-order valence-corrected chi connectivity index (χ3v) is 3.06. The number of carbonyl (C=O) groups excluding carboxylic acids is 1. The van der Waals surface area contributed by atoms with E-state index in [0.29, 0.717) is 12.2 Å². The highest BCUT2D eigenvalue weighted by molar-refractivity contribution is 5.97. The number of ketones is 1. The molecular weight excluding hydrogens is 160 g/mol. The van der Waals surface area contributed by atoms with Gasteiger partial charge in [-0.1, -0.05) is 26.3 Å². The summed E-state index contributed by atoms with van der Waals surface area (Å²) in [5.74, 6) is 0.349. The number of allylic oxidation sites excluding steroid dienone is 2. The van der Waals surface area contributed by atoms with Gasteiger partial charge in [-0.05, 0) is 37.2 Å². The predicted molar refractivity (Wildman–Crippen MR) is 55.6 cm³/mol. The summed E-state index contributed by atoms with van der Waals surface area (Å²) < 4.78 is 0. The Kier molecular flexibility index (Phi) is 2.94. The van der Waals surface area contributed by atoms with Crippen molar-refractivity contribution in [1.82, 2.24) is 0 Å². The van der Waals surface area contributed by atoms with Gasteiger partial charge in [0.05, 0.1) is 0 Å². The maximum atomic E-state index is 11.7. The molecular formula is C12H20O. The lowest BCUT2D eigenvalue weighted by atomic mass is 9.71. The number of hydrogen-bond donors (Lipinski definition) is 0. The van der Waals surface area contributed by atoms with Crippen LogP contribution in [-0.4, -0.2) is 5.78 Å². The molecule has 0 amide bonds. The number of carbonyl (C=O) groups is 1. The monoisotopic (exact) mass is 180 g/mol. The van der Waals surface area contributed by atoms with Gasteiger partial charge in [0.25, 0.3) is 0 Å². The van der Waals surface area contributed by atoms with Gasteiger partial charge in [0, 0.05) is 6.42 Å². The molecule has 1 nitrogen and oxygen atoms in total. The van der Waals surface area contributed by atoms with Crippen LogP contribution >= 0.6 is 0 Å². The van der Waals surface area contributed by atoms with Crippen LogP contribution in [0.3, 0.4) is 0 Å². The minimum Gasteiger partial charge on any atom is -0.295 e. The zero-order chi connectivity index (χ0) is 10.1. The molecule has 0 N–H and O–H groups in total. The van der Waals surface area contributed by atoms with E-state index < -0.39 is 0 Å². The minimum atomic E-state index is 0.120. The molecule has 0 aromatic rings. The fraction of sp³-hybridized carbons (Fsp3) is 0.750. The standard InChI is InChI=1S/C12H20O/c1-5-10(13)11-9(2)7-6-8-12(11,3)4/h5-8H2,1-4H3. The molecule has 0 aromatic heterocycles. The van der Waals surface area contributed by atoms with E-state index in [0.717, 1.165) is 18.4 Å². The van der Waals surface area contributed by atoms with E-state index in [4.69, 9.17) is 0 Å². The Labute approximate surface area is 81.2 Å². The molecule has 0 aliphatic heterocycles. The molecule has 0 unspecified atom stereocenters. The van der Waals surface area contributed by atoms with Crippen LogP contribution in [0.15, 0.2) is 11.1 Å². The summed E-state index contributed by atoms with van der Waals surface area (Å²) in [7, 11) is 0. The van der Waals surface area contributed by atoms with Crippen LogP contribution in [0.5, 0.6) is 0 Å². The third kappa shape index (κ3) is 2.01. The Morgan fingerprint density at radius 1 is 1.46 bits per heavy atom. The van der Waals surface area contributed by atoms with Crippen LogP contribution in [-0.2, 0) is 4.79 Å². The van der Waals surface area contributed by atoms with Crippen molar-refractivity contribution in [2.45, 2.75) is 53.4 Å². The van der Waals surface area contributed by atoms with Crippen molar-refractivity contribution in [3.05, 3.63) is 11.1 Å². The molecule has 0 saturated heterocycles. The van der Waals surface area contributed by atoms with Gasteiger partial charge in [-0.2, -0.15) is 0 Å². The summed E-state index contributed by atoms with van der Waals surface area (Å²) in [5.41, 5.74) is 2.56. The molecule has 1 aliphatic carbocycles. The first-order valence-corrected chi connectivity index (χ1v) is 5.22. The molecule has 0 spiro atoms. The van der Waals surface area contributed by atoms with E-state index >= 15 is 0 Å². The first kappa shape index (κ1) is 10.5. The average Bonchev–Trinajstić information content (AvgIpc) is 2.02. The molecule has 0 aromatic carbocycles. The van der Waals surface area contributed by atoms with E-state index in [1.807, 2.05) is 6.92 Å². The predicted octanol–water partition coefficient (Wildman–Crippen LogP) is 3.49. The highest BCUT2D eigenvalue weighted by Crippen LogP contribution is 2.40. The van der Waals surface area contributed by atoms with Gasteiger partial charge in [0.2, 0.25) is 0 Å². The van der Waals surface area contributed by atoms with Crippen LogP contribution in [0.1, 0.15) is 53.4 Å². The maximum Gasteiger partial charge on any atom is 0.159 e. The van der Waals surface area contributed by atoms with Crippen molar-refractivity contribution in [2.75, 3.05) is 0 Å². The number of hydrogen-bond acceptors (Lipinski definition) is 1. The van der Waals surface area contributed by atoms with E-state index in [9.17, 15) is 4.79 Å². The van der Waals surface area contributed by atoms with Gasteiger partial charge in [-0.15, -0.1) is 0 Å².